The number of hydrogen-bond acceptors (Lipinski definition) is 2. The number of phenols is 1. The molecule has 0 amide bonds. The van der Waals surface area contributed by atoms with Crippen LogP contribution in [0.1, 0.15) is 16.7 Å². The molecule has 0 aliphatic carbocycles. The molecule has 2 nitrogen and oxygen atoms in total. The van der Waals surface area contributed by atoms with Gasteiger partial charge in [0.1, 0.15) is 5.75 Å². The van der Waals surface area contributed by atoms with Gasteiger partial charge in [0.15, 0.2) is 0 Å². The zero-order valence-corrected chi connectivity index (χ0v) is 9.88. The fourth-order valence-corrected chi connectivity index (χ4v) is 2.12. The van der Waals surface area contributed by atoms with E-state index in [2.05, 4.69) is 23.2 Å². The Bertz CT molecular complexity index is 624. The lowest BCUT2D eigenvalue weighted by atomic mass is 9.96. The summed E-state index contributed by atoms with van der Waals surface area (Å²) in [6, 6.07) is 15.5. The first-order valence-corrected chi connectivity index (χ1v) is 5.92. The number of rotatable bonds is 1. The predicted molar refractivity (Wildman–Crippen MR) is 74.9 cm³/mol. The first kappa shape index (κ1) is 10.8. The van der Waals surface area contributed by atoms with Gasteiger partial charge in [-0.05, 0) is 40.5 Å². The highest BCUT2D eigenvalue weighted by molar-refractivity contribution is 5.96. The highest BCUT2D eigenvalue weighted by Crippen LogP contribution is 2.25. The summed E-state index contributed by atoms with van der Waals surface area (Å²) in [5.74, 6) is 0.291. The SMILES string of the molecule is Oc1ccc(/C=C2/CN=Cc3ccccc32)cc1. The van der Waals surface area contributed by atoms with Crippen LogP contribution in [-0.2, 0) is 0 Å². The second kappa shape index (κ2) is 4.49. The van der Waals surface area contributed by atoms with E-state index in [1.54, 1.807) is 12.1 Å². The molecule has 18 heavy (non-hydrogen) atoms. The van der Waals surface area contributed by atoms with Crippen molar-refractivity contribution in [3.05, 3.63) is 65.2 Å². The number of phenolic OH excluding ortho intramolecular Hbond substituents is 1. The Morgan fingerprint density at radius 2 is 1.78 bits per heavy atom. The van der Waals surface area contributed by atoms with E-state index in [-0.39, 0.29) is 0 Å². The number of benzene rings is 2. The van der Waals surface area contributed by atoms with E-state index in [0.29, 0.717) is 12.3 Å². The zero-order valence-electron chi connectivity index (χ0n) is 9.88. The van der Waals surface area contributed by atoms with Crippen molar-refractivity contribution in [1.29, 1.82) is 0 Å². The molecule has 0 radical (unpaired) electrons. The maximum Gasteiger partial charge on any atom is 0.115 e. The molecule has 2 aromatic carbocycles. The van der Waals surface area contributed by atoms with Gasteiger partial charge in [-0.25, -0.2) is 0 Å². The summed E-state index contributed by atoms with van der Waals surface area (Å²) in [5.41, 5.74) is 4.68. The molecule has 1 aliphatic heterocycles. The Labute approximate surface area is 106 Å². The normalized spacial score (nSPS) is 15.7. The van der Waals surface area contributed by atoms with Crippen LogP contribution >= 0.6 is 0 Å². The van der Waals surface area contributed by atoms with Crippen molar-refractivity contribution >= 4 is 17.9 Å². The Kier molecular flexibility index (Phi) is 2.69. The van der Waals surface area contributed by atoms with Crippen LogP contribution in [0.5, 0.6) is 5.75 Å². The van der Waals surface area contributed by atoms with E-state index in [1.165, 1.54) is 11.1 Å². The topological polar surface area (TPSA) is 32.6 Å². The third kappa shape index (κ3) is 2.05. The summed E-state index contributed by atoms with van der Waals surface area (Å²) in [7, 11) is 0. The molecule has 2 aromatic rings. The standard InChI is InChI=1S/C16H13NO/c18-15-7-5-12(6-8-15)9-14-11-17-10-13-3-1-2-4-16(13)14/h1-10,18H,11H2/b14-9-. The van der Waals surface area contributed by atoms with Crippen LogP contribution < -0.4 is 0 Å². The average Bonchev–Trinajstić information content (AvgIpc) is 2.42. The van der Waals surface area contributed by atoms with Crippen molar-refractivity contribution in [2.24, 2.45) is 4.99 Å². The van der Waals surface area contributed by atoms with Crippen LogP contribution in [0, 0.1) is 0 Å². The molecule has 2 heteroatoms. The van der Waals surface area contributed by atoms with E-state index in [1.807, 2.05) is 30.5 Å². The fourth-order valence-electron chi connectivity index (χ4n) is 2.12. The van der Waals surface area contributed by atoms with Crippen LogP contribution in [0.15, 0.2) is 53.5 Å². The second-order valence-corrected chi connectivity index (χ2v) is 4.32. The summed E-state index contributed by atoms with van der Waals surface area (Å²) < 4.78 is 0. The summed E-state index contributed by atoms with van der Waals surface area (Å²) in [6.45, 7) is 0.706. The maximum absolute atomic E-state index is 9.28. The van der Waals surface area contributed by atoms with Crippen LogP contribution in [0.4, 0.5) is 0 Å². The highest BCUT2D eigenvalue weighted by atomic mass is 16.3. The van der Waals surface area contributed by atoms with Gasteiger partial charge >= 0.3 is 0 Å². The Balaban J connectivity index is 2.03. The van der Waals surface area contributed by atoms with Crippen molar-refractivity contribution in [3.8, 4) is 5.75 Å². The second-order valence-electron chi connectivity index (χ2n) is 4.32. The number of aromatic hydroxyl groups is 1. The molecule has 1 aliphatic rings. The molecular formula is C16H13NO. The highest BCUT2D eigenvalue weighted by Gasteiger charge is 2.09. The van der Waals surface area contributed by atoms with Crippen molar-refractivity contribution in [2.75, 3.05) is 6.54 Å². The Morgan fingerprint density at radius 1 is 1.00 bits per heavy atom. The summed E-state index contributed by atoms with van der Waals surface area (Å²) in [6.07, 6.45) is 4.04. The summed E-state index contributed by atoms with van der Waals surface area (Å²) >= 11 is 0. The van der Waals surface area contributed by atoms with Crippen molar-refractivity contribution < 1.29 is 5.11 Å². The molecule has 0 atom stereocenters. The minimum absolute atomic E-state index is 0.291. The van der Waals surface area contributed by atoms with Gasteiger partial charge < -0.3 is 5.11 Å². The molecule has 0 spiro atoms. The van der Waals surface area contributed by atoms with E-state index in [4.69, 9.17) is 0 Å². The minimum Gasteiger partial charge on any atom is -0.508 e. The number of fused-ring (bicyclic) bond motifs is 1. The zero-order chi connectivity index (χ0) is 12.4. The molecule has 3 rings (SSSR count). The number of aliphatic imine (C=N–C) groups is 1. The van der Waals surface area contributed by atoms with E-state index < -0.39 is 0 Å². The number of hydrogen-bond donors (Lipinski definition) is 1. The van der Waals surface area contributed by atoms with Gasteiger partial charge in [0.05, 0.1) is 6.54 Å². The summed E-state index contributed by atoms with van der Waals surface area (Å²) in [4.78, 5) is 4.37. The third-order valence-corrected chi connectivity index (χ3v) is 3.03. The molecular weight excluding hydrogens is 222 g/mol. The van der Waals surface area contributed by atoms with Gasteiger partial charge in [0.2, 0.25) is 0 Å². The monoisotopic (exact) mass is 235 g/mol. The molecule has 0 bridgehead atoms. The third-order valence-electron chi connectivity index (χ3n) is 3.03. The van der Waals surface area contributed by atoms with Gasteiger partial charge in [-0.15, -0.1) is 0 Å². The summed E-state index contributed by atoms with van der Waals surface area (Å²) in [5, 5.41) is 9.28. The molecule has 1 heterocycles. The lowest BCUT2D eigenvalue weighted by Gasteiger charge is -2.13. The Morgan fingerprint density at radius 3 is 2.61 bits per heavy atom. The van der Waals surface area contributed by atoms with Crippen molar-refractivity contribution in [3.63, 3.8) is 0 Å². The van der Waals surface area contributed by atoms with Crippen LogP contribution in [0.25, 0.3) is 11.6 Å². The number of nitrogens with zero attached hydrogens (tertiary/aromatic N) is 1. The average molecular weight is 235 g/mol. The minimum atomic E-state index is 0.291. The molecule has 0 aromatic heterocycles. The van der Waals surface area contributed by atoms with Gasteiger partial charge in [0.25, 0.3) is 0 Å². The van der Waals surface area contributed by atoms with Crippen LogP contribution in [0.3, 0.4) is 0 Å². The molecule has 0 saturated carbocycles. The van der Waals surface area contributed by atoms with Gasteiger partial charge in [-0.2, -0.15) is 0 Å². The maximum atomic E-state index is 9.28. The first-order valence-electron chi connectivity index (χ1n) is 5.92. The van der Waals surface area contributed by atoms with Gasteiger partial charge in [-0.3, -0.25) is 4.99 Å². The fraction of sp³-hybridized carbons (Fsp3) is 0.0625. The quantitative estimate of drug-likeness (QED) is 0.807. The van der Waals surface area contributed by atoms with Gasteiger partial charge in [0, 0.05) is 6.21 Å². The molecule has 0 fully saturated rings. The Hall–Kier alpha value is -2.35. The van der Waals surface area contributed by atoms with E-state index in [9.17, 15) is 5.11 Å². The molecule has 88 valence electrons. The lowest BCUT2D eigenvalue weighted by Crippen LogP contribution is -2.01. The first-order chi connectivity index (χ1) is 8.83. The smallest absolute Gasteiger partial charge is 0.115 e. The van der Waals surface area contributed by atoms with E-state index >= 15 is 0 Å². The molecule has 1 N–H and O–H groups in total. The molecule has 0 unspecified atom stereocenters. The molecule has 0 saturated heterocycles. The van der Waals surface area contributed by atoms with Crippen LogP contribution in [0.2, 0.25) is 0 Å². The van der Waals surface area contributed by atoms with Crippen molar-refractivity contribution in [2.45, 2.75) is 0 Å². The van der Waals surface area contributed by atoms with Crippen molar-refractivity contribution in [1.82, 2.24) is 0 Å². The van der Waals surface area contributed by atoms with Crippen LogP contribution in [-0.4, -0.2) is 17.9 Å². The lowest BCUT2D eigenvalue weighted by molar-refractivity contribution is 0.475. The van der Waals surface area contributed by atoms with Gasteiger partial charge in [-0.1, -0.05) is 36.4 Å². The predicted octanol–water partition coefficient (Wildman–Crippen LogP) is 3.37. The van der Waals surface area contributed by atoms with E-state index in [0.717, 1.165) is 11.1 Å². The largest absolute Gasteiger partial charge is 0.508 e.